The Bertz CT molecular complexity index is 163. The summed E-state index contributed by atoms with van der Waals surface area (Å²) in [6.07, 6.45) is 5.28. The average molecular weight is 170 g/mol. The van der Waals surface area contributed by atoms with Gasteiger partial charge in [-0.15, -0.1) is 0 Å². The highest BCUT2D eigenvalue weighted by Crippen LogP contribution is 2.28. The summed E-state index contributed by atoms with van der Waals surface area (Å²) in [6, 6.07) is 0. The second-order valence-corrected chi connectivity index (χ2v) is 3.71. The number of aliphatic hydroxyl groups excluding tert-OH is 2. The number of rotatable bonds is 3. The smallest absolute Gasteiger partial charge is 0.0641 e. The van der Waals surface area contributed by atoms with Crippen LogP contribution in [0.25, 0.3) is 0 Å². The maximum absolute atomic E-state index is 8.94. The van der Waals surface area contributed by atoms with E-state index in [-0.39, 0.29) is 13.2 Å². The quantitative estimate of drug-likeness (QED) is 0.627. The molecule has 1 rings (SSSR count). The van der Waals surface area contributed by atoms with Crippen LogP contribution in [0.2, 0.25) is 0 Å². The first-order valence-corrected chi connectivity index (χ1v) is 4.67. The molecule has 0 aromatic heterocycles. The van der Waals surface area contributed by atoms with Crippen LogP contribution in [0.3, 0.4) is 0 Å². The molecule has 1 aliphatic rings. The number of allylic oxidation sites excluding steroid dienone is 1. The summed E-state index contributed by atoms with van der Waals surface area (Å²) in [5, 5.41) is 17.8. The molecule has 2 nitrogen and oxygen atoms in total. The van der Waals surface area contributed by atoms with Gasteiger partial charge in [0.05, 0.1) is 6.61 Å². The summed E-state index contributed by atoms with van der Waals surface area (Å²) in [4.78, 5) is 0. The van der Waals surface area contributed by atoms with Gasteiger partial charge in [0.1, 0.15) is 0 Å². The highest BCUT2D eigenvalue weighted by Gasteiger charge is 2.19. The van der Waals surface area contributed by atoms with E-state index in [1.54, 1.807) is 0 Å². The molecule has 0 spiro atoms. The molecule has 2 heteroatoms. The molecule has 0 aliphatic heterocycles. The lowest BCUT2D eigenvalue weighted by Crippen LogP contribution is -2.18. The van der Waals surface area contributed by atoms with Gasteiger partial charge in [-0.2, -0.15) is 0 Å². The maximum Gasteiger partial charge on any atom is 0.0641 e. The zero-order chi connectivity index (χ0) is 8.97. The van der Waals surface area contributed by atoms with Gasteiger partial charge in [-0.25, -0.2) is 0 Å². The molecule has 0 amide bonds. The van der Waals surface area contributed by atoms with Crippen molar-refractivity contribution in [1.29, 1.82) is 0 Å². The van der Waals surface area contributed by atoms with Crippen molar-refractivity contribution in [3.8, 4) is 0 Å². The Morgan fingerprint density at radius 3 is 2.75 bits per heavy atom. The molecule has 0 saturated carbocycles. The first-order valence-electron chi connectivity index (χ1n) is 4.67. The Kier molecular flexibility index (Phi) is 3.76. The van der Waals surface area contributed by atoms with Crippen molar-refractivity contribution in [2.24, 2.45) is 11.8 Å². The van der Waals surface area contributed by atoms with Gasteiger partial charge in [-0.05, 0) is 36.7 Å². The molecule has 0 heterocycles. The third-order valence-corrected chi connectivity index (χ3v) is 2.84. The summed E-state index contributed by atoms with van der Waals surface area (Å²) < 4.78 is 0. The van der Waals surface area contributed by atoms with E-state index in [2.05, 4.69) is 13.0 Å². The normalized spacial score (nSPS) is 26.6. The fourth-order valence-electron chi connectivity index (χ4n) is 1.72. The lowest BCUT2D eigenvalue weighted by atomic mass is 9.82. The first-order chi connectivity index (χ1) is 5.77. The summed E-state index contributed by atoms with van der Waals surface area (Å²) in [5.74, 6) is 1.02. The van der Waals surface area contributed by atoms with Crippen LogP contribution >= 0.6 is 0 Å². The fraction of sp³-hybridized carbons (Fsp3) is 0.800. The van der Waals surface area contributed by atoms with Crippen LogP contribution in [0.5, 0.6) is 0 Å². The predicted molar refractivity (Wildman–Crippen MR) is 48.8 cm³/mol. The maximum atomic E-state index is 8.94. The summed E-state index contributed by atoms with van der Waals surface area (Å²) in [5.41, 5.74) is 1.16. The van der Waals surface area contributed by atoms with E-state index in [1.165, 1.54) is 0 Å². The van der Waals surface area contributed by atoms with Crippen LogP contribution in [-0.4, -0.2) is 23.4 Å². The third kappa shape index (κ3) is 2.32. The van der Waals surface area contributed by atoms with E-state index >= 15 is 0 Å². The highest BCUT2D eigenvalue weighted by molar-refractivity contribution is 5.06. The highest BCUT2D eigenvalue weighted by atomic mass is 16.3. The van der Waals surface area contributed by atoms with Crippen LogP contribution < -0.4 is 0 Å². The zero-order valence-corrected chi connectivity index (χ0v) is 7.66. The van der Waals surface area contributed by atoms with Gasteiger partial charge in [-0.3, -0.25) is 0 Å². The number of aliphatic hydroxyl groups is 2. The molecule has 0 saturated heterocycles. The van der Waals surface area contributed by atoms with Crippen LogP contribution in [0.1, 0.15) is 26.2 Å². The SMILES string of the molecule is CC(CO)C1CC=C(CO)CC1. The van der Waals surface area contributed by atoms with Crippen molar-refractivity contribution in [3.05, 3.63) is 11.6 Å². The lowest BCUT2D eigenvalue weighted by molar-refractivity contribution is 0.178. The Balaban J connectivity index is 2.40. The number of hydrogen-bond acceptors (Lipinski definition) is 2. The van der Waals surface area contributed by atoms with E-state index in [1.807, 2.05) is 0 Å². The van der Waals surface area contributed by atoms with Crippen molar-refractivity contribution < 1.29 is 10.2 Å². The minimum atomic E-state index is 0.209. The molecule has 1 aliphatic carbocycles. The second-order valence-electron chi connectivity index (χ2n) is 3.71. The Morgan fingerprint density at radius 1 is 1.58 bits per heavy atom. The van der Waals surface area contributed by atoms with E-state index in [4.69, 9.17) is 10.2 Å². The predicted octanol–water partition coefficient (Wildman–Crippen LogP) is 1.33. The fourth-order valence-corrected chi connectivity index (χ4v) is 1.72. The van der Waals surface area contributed by atoms with Gasteiger partial charge in [0.15, 0.2) is 0 Å². The van der Waals surface area contributed by atoms with Gasteiger partial charge < -0.3 is 10.2 Å². The molecular formula is C10H18O2. The summed E-state index contributed by atoms with van der Waals surface area (Å²) in [6.45, 7) is 2.58. The van der Waals surface area contributed by atoms with Crippen molar-refractivity contribution in [3.63, 3.8) is 0 Å². The largest absolute Gasteiger partial charge is 0.396 e. The molecule has 2 atom stereocenters. The third-order valence-electron chi connectivity index (χ3n) is 2.84. The lowest BCUT2D eigenvalue weighted by Gasteiger charge is -2.25. The Morgan fingerprint density at radius 2 is 2.33 bits per heavy atom. The molecule has 0 bridgehead atoms. The minimum absolute atomic E-state index is 0.209. The Labute approximate surface area is 73.9 Å². The zero-order valence-electron chi connectivity index (χ0n) is 7.66. The van der Waals surface area contributed by atoms with E-state index < -0.39 is 0 Å². The molecule has 2 unspecified atom stereocenters. The number of hydrogen-bond donors (Lipinski definition) is 2. The van der Waals surface area contributed by atoms with Crippen LogP contribution in [0, 0.1) is 11.8 Å². The van der Waals surface area contributed by atoms with Crippen molar-refractivity contribution >= 4 is 0 Å². The molecule has 12 heavy (non-hydrogen) atoms. The van der Waals surface area contributed by atoms with Crippen molar-refractivity contribution in [2.45, 2.75) is 26.2 Å². The minimum Gasteiger partial charge on any atom is -0.396 e. The Hall–Kier alpha value is -0.340. The van der Waals surface area contributed by atoms with Crippen LogP contribution in [0.15, 0.2) is 11.6 Å². The van der Waals surface area contributed by atoms with E-state index in [9.17, 15) is 0 Å². The summed E-state index contributed by atoms with van der Waals surface area (Å²) in [7, 11) is 0. The van der Waals surface area contributed by atoms with Gasteiger partial charge >= 0.3 is 0 Å². The van der Waals surface area contributed by atoms with Crippen molar-refractivity contribution in [1.82, 2.24) is 0 Å². The molecular weight excluding hydrogens is 152 g/mol. The molecule has 0 aromatic rings. The van der Waals surface area contributed by atoms with Gasteiger partial charge in [0.2, 0.25) is 0 Å². The summed E-state index contributed by atoms with van der Waals surface area (Å²) >= 11 is 0. The van der Waals surface area contributed by atoms with E-state index in [0.29, 0.717) is 11.8 Å². The molecule has 0 aromatic carbocycles. The van der Waals surface area contributed by atoms with E-state index in [0.717, 1.165) is 24.8 Å². The molecule has 0 fully saturated rings. The molecule has 0 radical (unpaired) electrons. The average Bonchev–Trinajstić information content (AvgIpc) is 2.17. The van der Waals surface area contributed by atoms with Crippen LogP contribution in [-0.2, 0) is 0 Å². The molecule has 70 valence electrons. The molecule has 2 N–H and O–H groups in total. The standard InChI is InChI=1S/C10H18O2/c1-8(6-11)10-4-2-9(7-12)3-5-10/h2,8,10-12H,3-7H2,1H3. The topological polar surface area (TPSA) is 40.5 Å². The first kappa shape index (κ1) is 9.75. The van der Waals surface area contributed by atoms with Crippen LogP contribution in [0.4, 0.5) is 0 Å². The monoisotopic (exact) mass is 170 g/mol. The van der Waals surface area contributed by atoms with Gasteiger partial charge in [-0.1, -0.05) is 13.0 Å². The van der Waals surface area contributed by atoms with Crippen molar-refractivity contribution in [2.75, 3.05) is 13.2 Å². The second kappa shape index (κ2) is 4.63. The van der Waals surface area contributed by atoms with Gasteiger partial charge in [0.25, 0.3) is 0 Å². The van der Waals surface area contributed by atoms with Gasteiger partial charge in [0, 0.05) is 6.61 Å².